The summed E-state index contributed by atoms with van der Waals surface area (Å²) in [6.45, 7) is 6.65. The maximum atomic E-state index is 2.26. The minimum Gasteiger partial charge on any atom is -0.0901 e. The summed E-state index contributed by atoms with van der Waals surface area (Å²) in [6, 6.07) is 17.6. The molecule has 0 unspecified atom stereocenters. The van der Waals surface area contributed by atoms with Crippen LogP contribution < -0.4 is 0 Å². The van der Waals surface area contributed by atoms with Crippen molar-refractivity contribution in [3.63, 3.8) is 0 Å². The lowest BCUT2D eigenvalue weighted by atomic mass is 10.0. The summed E-state index contributed by atoms with van der Waals surface area (Å²) in [5, 5.41) is 0. The standard InChI is InChI=1S/C17H20S/c1-13(2)11-15-7-9-16(10-8-15)18-17-6-4-5-14(3)12-17/h4-10,12-13H,11H2,1-3H3. The van der Waals surface area contributed by atoms with E-state index in [9.17, 15) is 0 Å². The van der Waals surface area contributed by atoms with Crippen LogP contribution in [0.5, 0.6) is 0 Å². The molecule has 0 aliphatic rings. The largest absolute Gasteiger partial charge is 0.0901 e. The van der Waals surface area contributed by atoms with Crippen molar-refractivity contribution in [1.82, 2.24) is 0 Å². The van der Waals surface area contributed by atoms with Crippen LogP contribution in [0.2, 0.25) is 0 Å². The van der Waals surface area contributed by atoms with E-state index in [-0.39, 0.29) is 0 Å². The van der Waals surface area contributed by atoms with E-state index in [0.717, 1.165) is 12.3 Å². The molecule has 0 nitrogen and oxygen atoms in total. The summed E-state index contributed by atoms with van der Waals surface area (Å²) in [6.07, 6.45) is 1.16. The zero-order valence-electron chi connectivity index (χ0n) is 11.3. The van der Waals surface area contributed by atoms with Gasteiger partial charge in [0.2, 0.25) is 0 Å². The van der Waals surface area contributed by atoms with Crippen molar-refractivity contribution in [2.24, 2.45) is 5.92 Å². The predicted molar refractivity (Wildman–Crippen MR) is 80.3 cm³/mol. The lowest BCUT2D eigenvalue weighted by Crippen LogP contribution is -1.93. The molecule has 94 valence electrons. The summed E-state index contributed by atoms with van der Waals surface area (Å²) in [5.74, 6) is 0.722. The van der Waals surface area contributed by atoms with Crippen LogP contribution in [0.25, 0.3) is 0 Å². The van der Waals surface area contributed by atoms with Crippen LogP contribution in [0.4, 0.5) is 0 Å². The molecule has 0 amide bonds. The van der Waals surface area contributed by atoms with Gasteiger partial charge in [0.25, 0.3) is 0 Å². The third-order valence-corrected chi connectivity index (χ3v) is 3.79. The molecule has 18 heavy (non-hydrogen) atoms. The molecule has 0 aliphatic carbocycles. The molecular formula is C17H20S. The molecule has 0 saturated heterocycles. The molecule has 0 aliphatic heterocycles. The lowest BCUT2D eigenvalue weighted by Gasteiger charge is -2.06. The number of rotatable bonds is 4. The first kappa shape index (κ1) is 13.2. The molecule has 1 heteroatoms. The van der Waals surface area contributed by atoms with Crippen LogP contribution >= 0.6 is 11.8 Å². The molecule has 0 bridgehead atoms. The fourth-order valence-electron chi connectivity index (χ4n) is 1.98. The third kappa shape index (κ3) is 3.92. The number of benzene rings is 2. The fraction of sp³-hybridized carbons (Fsp3) is 0.294. The van der Waals surface area contributed by atoms with Crippen molar-refractivity contribution in [2.75, 3.05) is 0 Å². The summed E-state index contributed by atoms with van der Waals surface area (Å²) in [7, 11) is 0. The Hall–Kier alpha value is -1.21. The van der Waals surface area contributed by atoms with Crippen molar-refractivity contribution >= 4 is 11.8 Å². The number of hydrogen-bond acceptors (Lipinski definition) is 1. The zero-order valence-corrected chi connectivity index (χ0v) is 12.1. The maximum Gasteiger partial charge on any atom is 0.0124 e. The van der Waals surface area contributed by atoms with Gasteiger partial charge in [0.15, 0.2) is 0 Å². The molecule has 0 saturated carbocycles. The number of aryl methyl sites for hydroxylation is 1. The van der Waals surface area contributed by atoms with Crippen LogP contribution in [0.1, 0.15) is 25.0 Å². The van der Waals surface area contributed by atoms with Crippen molar-refractivity contribution in [1.29, 1.82) is 0 Å². The Bertz CT molecular complexity index is 497. The van der Waals surface area contributed by atoms with Gasteiger partial charge < -0.3 is 0 Å². The van der Waals surface area contributed by atoms with Crippen LogP contribution in [-0.4, -0.2) is 0 Å². The highest BCUT2D eigenvalue weighted by Gasteiger charge is 2.00. The molecule has 2 aromatic carbocycles. The van der Waals surface area contributed by atoms with E-state index in [4.69, 9.17) is 0 Å². The van der Waals surface area contributed by atoms with Gasteiger partial charge in [0.05, 0.1) is 0 Å². The average Bonchev–Trinajstić information content (AvgIpc) is 2.31. The summed E-state index contributed by atoms with van der Waals surface area (Å²) in [5.41, 5.74) is 2.75. The van der Waals surface area contributed by atoms with E-state index in [1.54, 1.807) is 0 Å². The Morgan fingerprint density at radius 2 is 1.67 bits per heavy atom. The molecule has 2 aromatic rings. The fourth-order valence-corrected chi connectivity index (χ4v) is 2.92. The van der Waals surface area contributed by atoms with Gasteiger partial charge in [-0.1, -0.05) is 55.4 Å². The molecule has 0 spiro atoms. The molecule has 0 heterocycles. The maximum absolute atomic E-state index is 2.26. The Balaban J connectivity index is 2.06. The molecule has 0 atom stereocenters. The minimum atomic E-state index is 0.722. The lowest BCUT2D eigenvalue weighted by molar-refractivity contribution is 0.647. The van der Waals surface area contributed by atoms with Crippen molar-refractivity contribution in [3.8, 4) is 0 Å². The molecule has 0 N–H and O–H groups in total. The van der Waals surface area contributed by atoms with Gasteiger partial charge in [0, 0.05) is 9.79 Å². The Morgan fingerprint density at radius 3 is 2.28 bits per heavy atom. The highest BCUT2D eigenvalue weighted by molar-refractivity contribution is 7.99. The average molecular weight is 256 g/mol. The normalized spacial score (nSPS) is 10.9. The number of hydrogen-bond donors (Lipinski definition) is 0. The minimum absolute atomic E-state index is 0.722. The van der Waals surface area contributed by atoms with Gasteiger partial charge in [-0.15, -0.1) is 0 Å². The predicted octanol–water partition coefficient (Wildman–Crippen LogP) is 5.34. The molecular weight excluding hydrogens is 236 g/mol. The Labute approximate surface area is 114 Å². The van der Waals surface area contributed by atoms with E-state index in [1.165, 1.54) is 20.9 Å². The van der Waals surface area contributed by atoms with Gasteiger partial charge in [-0.2, -0.15) is 0 Å². The third-order valence-electron chi connectivity index (χ3n) is 2.79. The second-order valence-electron chi connectivity index (χ2n) is 5.16. The first-order valence-electron chi connectivity index (χ1n) is 6.47. The monoisotopic (exact) mass is 256 g/mol. The SMILES string of the molecule is Cc1cccc(Sc2ccc(CC(C)C)cc2)c1. The summed E-state index contributed by atoms with van der Waals surface area (Å²) < 4.78 is 0. The summed E-state index contributed by atoms with van der Waals surface area (Å²) in [4.78, 5) is 2.62. The second-order valence-corrected chi connectivity index (χ2v) is 6.31. The zero-order chi connectivity index (χ0) is 13.0. The Morgan fingerprint density at radius 1 is 0.944 bits per heavy atom. The van der Waals surface area contributed by atoms with Crippen LogP contribution in [0.3, 0.4) is 0 Å². The van der Waals surface area contributed by atoms with Crippen molar-refractivity contribution < 1.29 is 0 Å². The quantitative estimate of drug-likeness (QED) is 0.711. The van der Waals surface area contributed by atoms with E-state index in [2.05, 4.69) is 69.3 Å². The Kier molecular flexibility index (Phi) is 4.48. The topological polar surface area (TPSA) is 0 Å². The highest BCUT2D eigenvalue weighted by atomic mass is 32.2. The summed E-state index contributed by atoms with van der Waals surface area (Å²) >= 11 is 1.83. The van der Waals surface area contributed by atoms with Gasteiger partial charge in [-0.25, -0.2) is 0 Å². The van der Waals surface area contributed by atoms with E-state index < -0.39 is 0 Å². The van der Waals surface area contributed by atoms with E-state index in [0.29, 0.717) is 0 Å². The molecule has 0 radical (unpaired) electrons. The smallest absolute Gasteiger partial charge is 0.0124 e. The molecule has 2 rings (SSSR count). The first-order valence-corrected chi connectivity index (χ1v) is 7.28. The second kappa shape index (κ2) is 6.10. The molecule has 0 aromatic heterocycles. The van der Waals surface area contributed by atoms with Gasteiger partial charge >= 0.3 is 0 Å². The van der Waals surface area contributed by atoms with Gasteiger partial charge in [-0.3, -0.25) is 0 Å². The van der Waals surface area contributed by atoms with Gasteiger partial charge in [-0.05, 0) is 49.1 Å². The van der Waals surface area contributed by atoms with Crippen molar-refractivity contribution in [3.05, 3.63) is 59.7 Å². The van der Waals surface area contributed by atoms with Crippen LogP contribution in [0.15, 0.2) is 58.3 Å². The first-order chi connectivity index (χ1) is 8.63. The molecule has 0 fully saturated rings. The van der Waals surface area contributed by atoms with Crippen molar-refractivity contribution in [2.45, 2.75) is 37.0 Å². The van der Waals surface area contributed by atoms with Crippen LogP contribution in [-0.2, 0) is 6.42 Å². The van der Waals surface area contributed by atoms with Gasteiger partial charge in [0.1, 0.15) is 0 Å². The van der Waals surface area contributed by atoms with E-state index in [1.807, 2.05) is 11.8 Å². The highest BCUT2D eigenvalue weighted by Crippen LogP contribution is 2.28. The van der Waals surface area contributed by atoms with E-state index >= 15 is 0 Å². The van der Waals surface area contributed by atoms with Crippen LogP contribution in [0, 0.1) is 12.8 Å².